The fraction of sp³-hybridized carbons (Fsp3) is 0.211. The summed E-state index contributed by atoms with van der Waals surface area (Å²) < 4.78 is 0. The van der Waals surface area contributed by atoms with E-state index in [-0.39, 0.29) is 17.2 Å². The Morgan fingerprint density at radius 2 is 2.22 bits per heavy atom. The van der Waals surface area contributed by atoms with Crippen molar-refractivity contribution in [2.75, 3.05) is 11.9 Å². The van der Waals surface area contributed by atoms with Gasteiger partial charge in [-0.2, -0.15) is 0 Å². The zero-order valence-corrected chi connectivity index (χ0v) is 15.9. The summed E-state index contributed by atoms with van der Waals surface area (Å²) in [5, 5.41) is 9.70. The summed E-state index contributed by atoms with van der Waals surface area (Å²) in [5.74, 6) is 0.721. The normalized spacial score (nSPS) is 18.7. The molecular formula is C19H18ClN5OS. The molecule has 0 bridgehead atoms. The largest absolute Gasteiger partial charge is 0.362 e. The summed E-state index contributed by atoms with van der Waals surface area (Å²) in [6, 6.07) is 9.47. The highest BCUT2D eigenvalue weighted by atomic mass is 35.5. The molecule has 1 aromatic carbocycles. The number of rotatable bonds is 6. The van der Waals surface area contributed by atoms with E-state index in [0.29, 0.717) is 11.6 Å². The first kappa shape index (κ1) is 17.9. The Morgan fingerprint density at radius 3 is 3.11 bits per heavy atom. The molecule has 0 saturated heterocycles. The number of nitrogens with one attached hydrogen (secondary N) is 3. The van der Waals surface area contributed by atoms with Crippen LogP contribution in [0, 0.1) is 0 Å². The predicted octanol–water partition coefficient (Wildman–Crippen LogP) is 3.38. The molecule has 2 unspecified atom stereocenters. The molecule has 6 nitrogen and oxygen atoms in total. The van der Waals surface area contributed by atoms with Crippen molar-refractivity contribution in [1.82, 2.24) is 20.3 Å². The van der Waals surface area contributed by atoms with Gasteiger partial charge >= 0.3 is 0 Å². The summed E-state index contributed by atoms with van der Waals surface area (Å²) in [6.45, 7) is 0.568. The minimum absolute atomic E-state index is 0.00361. The van der Waals surface area contributed by atoms with E-state index in [9.17, 15) is 4.79 Å². The van der Waals surface area contributed by atoms with Crippen LogP contribution in [-0.4, -0.2) is 38.7 Å². The zero-order chi connectivity index (χ0) is 18.6. The van der Waals surface area contributed by atoms with E-state index >= 15 is 0 Å². The van der Waals surface area contributed by atoms with Gasteiger partial charge in [-0.25, -0.2) is 9.97 Å². The van der Waals surface area contributed by atoms with E-state index in [4.69, 9.17) is 11.6 Å². The van der Waals surface area contributed by atoms with Crippen molar-refractivity contribution < 1.29 is 4.79 Å². The minimum atomic E-state index is -0.242. The van der Waals surface area contributed by atoms with Crippen LogP contribution < -0.4 is 10.6 Å². The number of benzene rings is 1. The van der Waals surface area contributed by atoms with Crippen LogP contribution in [0.2, 0.25) is 5.02 Å². The third kappa shape index (κ3) is 4.09. The molecule has 3 aromatic rings. The lowest BCUT2D eigenvalue weighted by Gasteiger charge is -2.20. The van der Waals surface area contributed by atoms with Gasteiger partial charge in [0.1, 0.15) is 23.0 Å². The Kier molecular flexibility index (Phi) is 5.31. The molecular weight excluding hydrogens is 382 g/mol. The Labute approximate surface area is 165 Å². The first-order valence-electron chi connectivity index (χ1n) is 8.59. The summed E-state index contributed by atoms with van der Waals surface area (Å²) in [5.41, 5.74) is 1.87. The van der Waals surface area contributed by atoms with Crippen molar-refractivity contribution in [3.05, 3.63) is 64.9 Å². The lowest BCUT2D eigenvalue weighted by atomic mass is 10.1. The fourth-order valence-electron chi connectivity index (χ4n) is 3.02. The second-order valence-corrected chi connectivity index (χ2v) is 7.68. The predicted molar refractivity (Wildman–Crippen MR) is 110 cm³/mol. The SMILES string of the molecule is O=C(NCCc1cccc(Cl)c1)C1SC=CC1Nc1ncnc2[nH]ccc12. The molecule has 0 radical (unpaired) electrons. The molecule has 27 heavy (non-hydrogen) atoms. The highest BCUT2D eigenvalue weighted by molar-refractivity contribution is 8.03. The molecule has 2 atom stereocenters. The summed E-state index contributed by atoms with van der Waals surface area (Å²) in [7, 11) is 0. The first-order chi connectivity index (χ1) is 13.2. The van der Waals surface area contributed by atoms with Gasteiger partial charge in [0.05, 0.1) is 11.4 Å². The molecule has 1 aliphatic rings. The van der Waals surface area contributed by atoms with Crippen LogP contribution in [0.4, 0.5) is 5.82 Å². The third-order valence-corrected chi connectivity index (χ3v) is 5.70. The van der Waals surface area contributed by atoms with Crippen LogP contribution in [-0.2, 0) is 11.2 Å². The number of halogens is 1. The van der Waals surface area contributed by atoms with E-state index < -0.39 is 0 Å². The molecule has 1 amide bonds. The van der Waals surface area contributed by atoms with Crippen molar-refractivity contribution in [2.24, 2.45) is 0 Å². The molecule has 0 saturated carbocycles. The number of aromatic amines is 1. The number of fused-ring (bicyclic) bond motifs is 1. The quantitative estimate of drug-likeness (QED) is 0.592. The lowest BCUT2D eigenvalue weighted by molar-refractivity contribution is -0.120. The topological polar surface area (TPSA) is 82.7 Å². The van der Waals surface area contributed by atoms with Gasteiger partial charge in [-0.3, -0.25) is 4.79 Å². The maximum absolute atomic E-state index is 12.6. The molecule has 0 fully saturated rings. The van der Waals surface area contributed by atoms with Gasteiger partial charge in [0.25, 0.3) is 0 Å². The number of hydrogen-bond donors (Lipinski definition) is 3. The number of hydrogen-bond acceptors (Lipinski definition) is 5. The number of carbonyl (C=O) groups excluding carboxylic acids is 1. The van der Waals surface area contributed by atoms with E-state index in [1.165, 1.54) is 18.1 Å². The average molecular weight is 400 g/mol. The van der Waals surface area contributed by atoms with Crippen molar-refractivity contribution >= 4 is 46.1 Å². The molecule has 0 aliphatic carbocycles. The molecule has 0 spiro atoms. The Morgan fingerprint density at radius 1 is 1.30 bits per heavy atom. The number of thioether (sulfide) groups is 1. The van der Waals surface area contributed by atoms with Crippen LogP contribution in [0.3, 0.4) is 0 Å². The van der Waals surface area contributed by atoms with Crippen molar-refractivity contribution in [3.8, 4) is 0 Å². The summed E-state index contributed by atoms with van der Waals surface area (Å²) >= 11 is 7.51. The van der Waals surface area contributed by atoms with Crippen molar-refractivity contribution in [2.45, 2.75) is 17.7 Å². The fourth-order valence-corrected chi connectivity index (χ4v) is 4.19. The van der Waals surface area contributed by atoms with Crippen LogP contribution in [0.5, 0.6) is 0 Å². The molecule has 4 rings (SSSR count). The van der Waals surface area contributed by atoms with Gasteiger partial charge in [0.15, 0.2) is 0 Å². The molecule has 3 N–H and O–H groups in total. The Bertz CT molecular complexity index is 989. The lowest BCUT2D eigenvalue weighted by Crippen LogP contribution is -2.41. The zero-order valence-electron chi connectivity index (χ0n) is 14.4. The second-order valence-electron chi connectivity index (χ2n) is 6.19. The maximum Gasteiger partial charge on any atom is 0.235 e. The molecule has 1 aliphatic heterocycles. The average Bonchev–Trinajstić information content (AvgIpc) is 3.31. The van der Waals surface area contributed by atoms with Crippen LogP contribution in [0.15, 0.2) is 54.3 Å². The van der Waals surface area contributed by atoms with Gasteiger partial charge < -0.3 is 15.6 Å². The number of anilines is 1. The molecule has 3 heterocycles. The Balaban J connectivity index is 1.36. The highest BCUT2D eigenvalue weighted by Gasteiger charge is 2.30. The summed E-state index contributed by atoms with van der Waals surface area (Å²) in [4.78, 5) is 24.2. The number of amides is 1. The van der Waals surface area contributed by atoms with Crippen LogP contribution in [0.25, 0.3) is 11.0 Å². The minimum Gasteiger partial charge on any atom is -0.362 e. The van der Waals surface area contributed by atoms with Crippen LogP contribution in [0.1, 0.15) is 5.56 Å². The van der Waals surface area contributed by atoms with Gasteiger partial charge in [0, 0.05) is 17.8 Å². The molecule has 138 valence electrons. The van der Waals surface area contributed by atoms with Gasteiger partial charge in [-0.1, -0.05) is 29.8 Å². The van der Waals surface area contributed by atoms with E-state index in [1.807, 2.05) is 48.0 Å². The second kappa shape index (κ2) is 8.02. The van der Waals surface area contributed by atoms with Crippen LogP contribution >= 0.6 is 23.4 Å². The maximum atomic E-state index is 12.6. The standard InChI is InChI=1S/C19H18ClN5OS/c20-13-3-1-2-12(10-13)4-7-22-19(26)16-15(6-9-27-16)25-18-14-5-8-21-17(14)23-11-24-18/h1-3,5-6,8-11,15-16H,4,7H2,(H,22,26)(H2,21,23,24,25). The molecule has 8 heteroatoms. The third-order valence-electron chi connectivity index (χ3n) is 4.35. The smallest absolute Gasteiger partial charge is 0.235 e. The van der Waals surface area contributed by atoms with Gasteiger partial charge in [0.2, 0.25) is 5.91 Å². The van der Waals surface area contributed by atoms with Gasteiger partial charge in [-0.05, 0) is 35.6 Å². The number of nitrogens with zero attached hydrogens (tertiary/aromatic N) is 2. The highest BCUT2D eigenvalue weighted by Crippen LogP contribution is 2.28. The number of H-pyrrole nitrogens is 1. The van der Waals surface area contributed by atoms with E-state index in [0.717, 1.165) is 28.8 Å². The first-order valence-corrected chi connectivity index (χ1v) is 9.92. The Hall–Kier alpha value is -2.51. The number of aromatic nitrogens is 3. The van der Waals surface area contributed by atoms with Crippen molar-refractivity contribution in [3.63, 3.8) is 0 Å². The molecule has 2 aromatic heterocycles. The van der Waals surface area contributed by atoms with E-state index in [2.05, 4.69) is 25.6 Å². The van der Waals surface area contributed by atoms with Crippen molar-refractivity contribution in [1.29, 1.82) is 0 Å². The number of carbonyl (C=O) groups is 1. The summed E-state index contributed by atoms with van der Waals surface area (Å²) in [6.07, 6.45) is 6.06. The van der Waals surface area contributed by atoms with Gasteiger partial charge in [-0.15, -0.1) is 11.8 Å². The monoisotopic (exact) mass is 399 g/mol. The van der Waals surface area contributed by atoms with E-state index in [1.54, 1.807) is 0 Å².